The summed E-state index contributed by atoms with van der Waals surface area (Å²) in [6.07, 6.45) is 3.47. The zero-order valence-corrected chi connectivity index (χ0v) is 14.4. The Labute approximate surface area is 136 Å². The van der Waals surface area contributed by atoms with Gasteiger partial charge in [-0.15, -0.1) is 0 Å². The molecule has 0 fully saturated rings. The summed E-state index contributed by atoms with van der Waals surface area (Å²) in [6.45, 7) is 8.89. The Morgan fingerprint density at radius 1 is 1.26 bits per heavy atom. The van der Waals surface area contributed by atoms with Crippen LogP contribution in [0, 0.1) is 6.92 Å². The Morgan fingerprint density at radius 3 is 2.57 bits per heavy atom. The molecule has 1 amide bonds. The fourth-order valence-corrected chi connectivity index (χ4v) is 1.99. The molecule has 6 heteroatoms. The Kier molecular flexibility index (Phi) is 5.15. The van der Waals surface area contributed by atoms with E-state index in [-0.39, 0.29) is 17.9 Å². The molecule has 0 aliphatic rings. The lowest BCUT2D eigenvalue weighted by Crippen LogP contribution is -2.30. The van der Waals surface area contributed by atoms with Crippen molar-refractivity contribution in [1.82, 2.24) is 14.9 Å². The van der Waals surface area contributed by atoms with Crippen molar-refractivity contribution in [1.29, 1.82) is 0 Å². The third-order valence-corrected chi connectivity index (χ3v) is 3.29. The largest absolute Gasteiger partial charge is 0.444 e. The molecular weight excluding hydrogens is 292 g/mol. The van der Waals surface area contributed by atoms with E-state index in [1.54, 1.807) is 18.5 Å². The monoisotopic (exact) mass is 316 g/mol. The Morgan fingerprint density at radius 2 is 2.00 bits per heavy atom. The number of nitrogens with one attached hydrogen (secondary N) is 1. The molecule has 0 saturated carbocycles. The second kappa shape index (κ2) is 6.91. The summed E-state index contributed by atoms with van der Waals surface area (Å²) in [5.41, 5.74) is 0.983. The SMILES string of the molecule is Cc1ccc(NC(=O)CN(C)Cc2ncc(C(C)(C)C)o2)nc1. The fraction of sp³-hybridized carbons (Fsp3) is 0.471. The van der Waals surface area contributed by atoms with Crippen LogP contribution in [0.15, 0.2) is 28.9 Å². The molecule has 0 saturated heterocycles. The second-order valence-corrected chi connectivity index (χ2v) is 6.81. The van der Waals surface area contributed by atoms with Gasteiger partial charge in [0.2, 0.25) is 11.8 Å². The van der Waals surface area contributed by atoms with Gasteiger partial charge in [-0.2, -0.15) is 0 Å². The lowest BCUT2D eigenvalue weighted by Gasteiger charge is -2.15. The number of nitrogens with zero attached hydrogens (tertiary/aromatic N) is 3. The number of aromatic nitrogens is 2. The van der Waals surface area contributed by atoms with Crippen molar-refractivity contribution in [3.8, 4) is 0 Å². The van der Waals surface area contributed by atoms with Crippen molar-refractivity contribution < 1.29 is 9.21 Å². The molecule has 1 N–H and O–H groups in total. The minimum Gasteiger partial charge on any atom is -0.444 e. The first-order valence-electron chi connectivity index (χ1n) is 7.60. The zero-order valence-electron chi connectivity index (χ0n) is 14.4. The van der Waals surface area contributed by atoms with Crippen molar-refractivity contribution >= 4 is 11.7 Å². The number of amides is 1. The van der Waals surface area contributed by atoms with Crippen molar-refractivity contribution in [2.45, 2.75) is 39.7 Å². The average Bonchev–Trinajstić information content (AvgIpc) is 2.89. The van der Waals surface area contributed by atoms with Crippen LogP contribution in [0.3, 0.4) is 0 Å². The standard InChI is InChI=1S/C17H24N4O2/c1-12-6-7-14(18-8-12)20-15(22)10-21(5)11-16-19-9-13(23-16)17(2,3)4/h6-9H,10-11H2,1-5H3,(H,18,20,22). The van der Waals surface area contributed by atoms with Crippen LogP contribution in [0.2, 0.25) is 0 Å². The molecule has 0 radical (unpaired) electrons. The molecule has 23 heavy (non-hydrogen) atoms. The number of oxazole rings is 1. The maximum absolute atomic E-state index is 12.0. The highest BCUT2D eigenvalue weighted by molar-refractivity contribution is 5.91. The normalized spacial score (nSPS) is 11.7. The van der Waals surface area contributed by atoms with E-state index in [1.165, 1.54) is 0 Å². The average molecular weight is 316 g/mol. The van der Waals surface area contributed by atoms with E-state index in [2.05, 4.69) is 36.1 Å². The topological polar surface area (TPSA) is 71.3 Å². The molecule has 0 aliphatic heterocycles. The molecular formula is C17H24N4O2. The van der Waals surface area contributed by atoms with Crippen LogP contribution in [-0.4, -0.2) is 34.4 Å². The molecule has 2 heterocycles. The zero-order chi connectivity index (χ0) is 17.0. The maximum Gasteiger partial charge on any atom is 0.239 e. The summed E-state index contributed by atoms with van der Waals surface area (Å²) >= 11 is 0. The van der Waals surface area contributed by atoms with Gasteiger partial charge in [0, 0.05) is 11.6 Å². The highest BCUT2D eigenvalue weighted by Crippen LogP contribution is 2.22. The predicted octanol–water partition coefficient (Wildman–Crippen LogP) is 2.75. The molecule has 0 unspecified atom stereocenters. The quantitative estimate of drug-likeness (QED) is 0.918. The first-order valence-corrected chi connectivity index (χ1v) is 7.60. The van der Waals surface area contributed by atoms with Gasteiger partial charge in [-0.3, -0.25) is 9.69 Å². The van der Waals surface area contributed by atoms with Gasteiger partial charge in [0.25, 0.3) is 0 Å². The van der Waals surface area contributed by atoms with Crippen molar-refractivity contribution in [2.24, 2.45) is 0 Å². The second-order valence-electron chi connectivity index (χ2n) is 6.81. The number of anilines is 1. The van der Waals surface area contributed by atoms with Gasteiger partial charge in [-0.05, 0) is 25.6 Å². The number of carbonyl (C=O) groups is 1. The Hall–Kier alpha value is -2.21. The smallest absolute Gasteiger partial charge is 0.239 e. The van der Waals surface area contributed by atoms with Gasteiger partial charge in [-0.25, -0.2) is 9.97 Å². The van der Waals surface area contributed by atoms with Crippen LogP contribution < -0.4 is 5.32 Å². The van der Waals surface area contributed by atoms with Crippen molar-refractivity contribution in [3.63, 3.8) is 0 Å². The van der Waals surface area contributed by atoms with Crippen molar-refractivity contribution in [2.75, 3.05) is 18.9 Å². The molecule has 6 nitrogen and oxygen atoms in total. The number of hydrogen-bond donors (Lipinski definition) is 1. The molecule has 124 valence electrons. The summed E-state index contributed by atoms with van der Waals surface area (Å²) in [4.78, 5) is 22.3. The fourth-order valence-electron chi connectivity index (χ4n) is 1.99. The Balaban J connectivity index is 1.86. The molecule has 2 aromatic rings. The first-order chi connectivity index (χ1) is 10.7. The van der Waals surface area contributed by atoms with Gasteiger partial charge in [0.05, 0.1) is 19.3 Å². The van der Waals surface area contributed by atoms with Crippen LogP contribution >= 0.6 is 0 Å². The third-order valence-electron chi connectivity index (χ3n) is 3.29. The summed E-state index contributed by atoms with van der Waals surface area (Å²) in [5.74, 6) is 1.89. The van der Waals surface area contributed by atoms with Crippen LogP contribution in [0.1, 0.15) is 38.0 Å². The van der Waals surface area contributed by atoms with Gasteiger partial charge >= 0.3 is 0 Å². The van der Waals surface area contributed by atoms with E-state index in [0.717, 1.165) is 11.3 Å². The molecule has 0 atom stereocenters. The predicted molar refractivity (Wildman–Crippen MR) is 89.1 cm³/mol. The van der Waals surface area contributed by atoms with E-state index < -0.39 is 0 Å². The third kappa shape index (κ3) is 5.17. The minimum absolute atomic E-state index is 0.0711. The van der Waals surface area contributed by atoms with E-state index in [0.29, 0.717) is 18.3 Å². The number of rotatable bonds is 5. The number of pyridine rings is 1. The highest BCUT2D eigenvalue weighted by Gasteiger charge is 2.20. The maximum atomic E-state index is 12.0. The van der Waals surface area contributed by atoms with Gasteiger partial charge < -0.3 is 9.73 Å². The summed E-state index contributed by atoms with van der Waals surface area (Å²) < 4.78 is 5.73. The Bertz CT molecular complexity index is 656. The van der Waals surface area contributed by atoms with Crippen molar-refractivity contribution in [3.05, 3.63) is 41.7 Å². The van der Waals surface area contributed by atoms with Crippen LogP contribution in [-0.2, 0) is 16.8 Å². The molecule has 0 aliphatic carbocycles. The lowest BCUT2D eigenvalue weighted by molar-refractivity contribution is -0.117. The van der Waals surface area contributed by atoms with Crippen LogP contribution in [0.4, 0.5) is 5.82 Å². The van der Waals surface area contributed by atoms with Gasteiger partial charge in [0.15, 0.2) is 0 Å². The number of carbonyl (C=O) groups excluding carboxylic acids is 1. The van der Waals surface area contributed by atoms with Gasteiger partial charge in [-0.1, -0.05) is 26.8 Å². The summed E-state index contributed by atoms with van der Waals surface area (Å²) in [7, 11) is 1.85. The molecule has 2 rings (SSSR count). The van der Waals surface area contributed by atoms with Gasteiger partial charge in [0.1, 0.15) is 11.6 Å². The lowest BCUT2D eigenvalue weighted by atomic mass is 9.94. The van der Waals surface area contributed by atoms with E-state index in [9.17, 15) is 4.79 Å². The highest BCUT2D eigenvalue weighted by atomic mass is 16.4. The van der Waals surface area contributed by atoms with Crippen LogP contribution in [0.5, 0.6) is 0 Å². The molecule has 0 spiro atoms. The van der Waals surface area contributed by atoms with E-state index in [4.69, 9.17) is 4.42 Å². The van der Waals surface area contributed by atoms with E-state index in [1.807, 2.05) is 24.9 Å². The number of aryl methyl sites for hydroxylation is 1. The molecule has 2 aromatic heterocycles. The van der Waals surface area contributed by atoms with Crippen LogP contribution in [0.25, 0.3) is 0 Å². The van der Waals surface area contributed by atoms with E-state index >= 15 is 0 Å². The summed E-state index contributed by atoms with van der Waals surface area (Å²) in [5, 5.41) is 2.77. The molecule has 0 bridgehead atoms. The summed E-state index contributed by atoms with van der Waals surface area (Å²) in [6, 6.07) is 3.70. The number of likely N-dealkylation sites (N-methyl/N-ethyl adjacent to an activating group) is 1. The number of hydrogen-bond acceptors (Lipinski definition) is 5. The minimum atomic E-state index is -0.119. The first kappa shape index (κ1) is 17.1. The molecule has 0 aromatic carbocycles.